The van der Waals surface area contributed by atoms with E-state index >= 15 is 0 Å². The highest BCUT2D eigenvalue weighted by Crippen LogP contribution is 2.40. The maximum atomic E-state index is 11.9. The van der Waals surface area contributed by atoms with Gasteiger partial charge in [0.1, 0.15) is 16.7 Å². The summed E-state index contributed by atoms with van der Waals surface area (Å²) in [6.45, 7) is 11.5. The Labute approximate surface area is 262 Å². The Morgan fingerprint density at radius 3 is 2.36 bits per heavy atom. The number of fused-ring (bicyclic) bond motifs is 3. The molecule has 214 valence electrons. The third-order valence-corrected chi connectivity index (χ3v) is 11.1. The molecule has 3 aromatic heterocycles. The number of aliphatic hydroxyl groups excluding tert-OH is 1. The van der Waals surface area contributed by atoms with Crippen molar-refractivity contribution in [3.63, 3.8) is 0 Å². The summed E-state index contributed by atoms with van der Waals surface area (Å²) < 4.78 is 5.20. The Morgan fingerprint density at radius 2 is 1.62 bits per heavy atom. The summed E-state index contributed by atoms with van der Waals surface area (Å²) in [6, 6.07) is 29.1. The van der Waals surface area contributed by atoms with E-state index in [9.17, 15) is 5.11 Å². The molecule has 0 aliphatic carbocycles. The van der Waals surface area contributed by atoms with Gasteiger partial charge in [0, 0.05) is 22.8 Å². The first-order chi connectivity index (χ1) is 20.0. The monoisotopic (exact) mass is 659 g/mol. The molecule has 5 nitrogen and oxygen atoms in total. The van der Waals surface area contributed by atoms with Crippen LogP contribution in [-0.4, -0.2) is 29.0 Å². The number of hydrogen-bond acceptors (Lipinski definition) is 3. The second kappa shape index (κ2) is 11.2. The van der Waals surface area contributed by atoms with Gasteiger partial charge in [0.2, 0.25) is 0 Å². The first-order valence-electron chi connectivity index (χ1n) is 13.9. The predicted octanol–water partition coefficient (Wildman–Crippen LogP) is 8.68. The molecular weight excluding hydrogens is 628 g/mol. The maximum absolute atomic E-state index is 11.9. The zero-order chi connectivity index (χ0) is 29.8. The lowest BCUT2D eigenvalue weighted by molar-refractivity contribution is 0.217. The first kappa shape index (κ1) is 29.0. The predicted molar refractivity (Wildman–Crippen MR) is 177 cm³/mol. The van der Waals surface area contributed by atoms with Crippen molar-refractivity contribution in [3.05, 3.63) is 123 Å². The summed E-state index contributed by atoms with van der Waals surface area (Å²) in [5, 5.41) is 21.1. The summed E-state index contributed by atoms with van der Waals surface area (Å²) in [7, 11) is -0.257. The van der Waals surface area contributed by atoms with Gasteiger partial charge in [0.15, 0.2) is 15.4 Å². The number of aryl methyl sites for hydroxylation is 2. The Bertz CT molecular complexity index is 1930. The van der Waals surface area contributed by atoms with Gasteiger partial charge >= 0.3 is 0 Å². The summed E-state index contributed by atoms with van der Waals surface area (Å²) in [5.41, 5.74) is 6.74. The molecule has 0 aliphatic rings. The Morgan fingerprint density at radius 1 is 0.905 bits per heavy atom. The summed E-state index contributed by atoms with van der Waals surface area (Å²) >= 11 is 10.4. The number of aliphatic hydroxyl groups is 1. The van der Waals surface area contributed by atoms with Crippen LogP contribution in [0.3, 0.4) is 0 Å². The van der Waals surface area contributed by atoms with Crippen molar-refractivity contribution in [3.8, 4) is 0 Å². The molecule has 0 saturated heterocycles. The van der Waals surface area contributed by atoms with Gasteiger partial charge in [-0.1, -0.05) is 54.1 Å². The molecular formula is C34H33BrClN4OS+. The van der Waals surface area contributed by atoms with E-state index in [0.717, 1.165) is 54.3 Å². The van der Waals surface area contributed by atoms with Crippen molar-refractivity contribution in [1.82, 2.24) is 19.2 Å². The van der Waals surface area contributed by atoms with Crippen LogP contribution in [0.15, 0.2) is 99.2 Å². The molecule has 2 atom stereocenters. The number of rotatable bonds is 6. The van der Waals surface area contributed by atoms with E-state index in [1.54, 1.807) is 0 Å². The van der Waals surface area contributed by atoms with Gasteiger partial charge in [-0.25, -0.2) is 0 Å². The molecule has 8 heteroatoms. The van der Waals surface area contributed by atoms with Gasteiger partial charge in [-0.2, -0.15) is 0 Å². The molecule has 2 unspecified atom stereocenters. The summed E-state index contributed by atoms with van der Waals surface area (Å²) in [5.74, 6) is 0.838. The average molecular weight is 661 g/mol. The van der Waals surface area contributed by atoms with Crippen molar-refractivity contribution >= 4 is 55.1 Å². The van der Waals surface area contributed by atoms with E-state index in [1.807, 2.05) is 37.3 Å². The van der Waals surface area contributed by atoms with Crippen LogP contribution in [0.25, 0.3) is 16.7 Å². The zero-order valence-corrected chi connectivity index (χ0v) is 27.4. The highest BCUT2D eigenvalue weighted by Gasteiger charge is 2.41. The van der Waals surface area contributed by atoms with Crippen molar-refractivity contribution in [2.75, 3.05) is 0 Å². The maximum Gasteiger partial charge on any atom is 0.175 e. The van der Waals surface area contributed by atoms with Crippen LogP contribution in [0.5, 0.6) is 0 Å². The number of nitrogens with zero attached hydrogens (tertiary/aromatic N) is 4. The van der Waals surface area contributed by atoms with Crippen LogP contribution in [0.1, 0.15) is 55.1 Å². The van der Waals surface area contributed by atoms with Crippen LogP contribution in [-0.2, 0) is 17.4 Å². The van der Waals surface area contributed by atoms with Crippen LogP contribution in [0.2, 0.25) is 5.02 Å². The fraction of sp³-hybridized carbons (Fsp3) is 0.235. The van der Waals surface area contributed by atoms with E-state index in [2.05, 4.69) is 117 Å². The number of aromatic nitrogens is 4. The standard InChI is InChI=1S/C34H33BrClN4OS/c1-21-15-30-29(19-28(35)33-38-37-22(2)40(30)33)39(21)20-23-16-24(18-25(36)17-23)32(41)27-13-9-10-14-31(27)42(34(3,4)5)26-11-7-6-8-12-26/h6-19,32,41H,20H2,1-5H3/q+1. The fourth-order valence-electron chi connectivity index (χ4n) is 5.75. The number of halogens is 2. The van der Waals surface area contributed by atoms with Crippen molar-refractivity contribution in [1.29, 1.82) is 0 Å². The molecule has 3 heterocycles. The second-order valence-electron chi connectivity index (χ2n) is 11.6. The van der Waals surface area contributed by atoms with E-state index in [-0.39, 0.29) is 15.6 Å². The summed E-state index contributed by atoms with van der Waals surface area (Å²) in [6.07, 6.45) is -0.823. The van der Waals surface area contributed by atoms with Crippen molar-refractivity contribution < 1.29 is 5.11 Å². The highest BCUT2D eigenvalue weighted by molar-refractivity contribution is 9.10. The largest absolute Gasteiger partial charge is 0.383 e. The van der Waals surface area contributed by atoms with Crippen molar-refractivity contribution in [2.24, 2.45) is 0 Å². The molecule has 0 saturated carbocycles. The minimum Gasteiger partial charge on any atom is -0.383 e. The minimum absolute atomic E-state index is 0.0352. The lowest BCUT2D eigenvalue weighted by Crippen LogP contribution is -2.30. The number of benzene rings is 3. The quantitative estimate of drug-likeness (QED) is 0.182. The molecule has 6 rings (SSSR count). The molecule has 6 aromatic rings. The molecule has 0 radical (unpaired) electrons. The molecule has 0 bridgehead atoms. The Balaban J connectivity index is 1.41. The number of pyridine rings is 1. The molecule has 42 heavy (non-hydrogen) atoms. The van der Waals surface area contributed by atoms with E-state index < -0.39 is 6.10 Å². The lowest BCUT2D eigenvalue weighted by Gasteiger charge is -2.24. The molecule has 0 amide bonds. The molecule has 1 N–H and O–H groups in total. The van der Waals surface area contributed by atoms with E-state index in [1.165, 1.54) is 4.90 Å². The van der Waals surface area contributed by atoms with Gasteiger partial charge in [-0.3, -0.25) is 4.40 Å². The van der Waals surface area contributed by atoms with E-state index in [0.29, 0.717) is 11.6 Å². The third-order valence-electron chi connectivity index (χ3n) is 7.53. The van der Waals surface area contributed by atoms with Crippen molar-refractivity contribution in [2.45, 2.75) is 61.8 Å². The third kappa shape index (κ3) is 5.28. The van der Waals surface area contributed by atoms with Gasteiger partial charge in [0.25, 0.3) is 0 Å². The van der Waals surface area contributed by atoms with Crippen LogP contribution in [0.4, 0.5) is 0 Å². The lowest BCUT2D eigenvalue weighted by atomic mass is 9.99. The molecule has 0 aliphatic heterocycles. The SMILES string of the molecule is Cc1cc2c(cc(Br)c3nnc(C)n32)n1Cc1cc(Cl)cc(C(O)c2ccccc2[S+](c2ccccc2)C(C)(C)C)c1. The smallest absolute Gasteiger partial charge is 0.175 e. The van der Waals surface area contributed by atoms with Gasteiger partial charge < -0.3 is 9.67 Å². The Kier molecular flexibility index (Phi) is 7.73. The molecule has 0 spiro atoms. The number of hydrogen-bond donors (Lipinski definition) is 1. The average Bonchev–Trinajstić information content (AvgIpc) is 3.48. The topological polar surface area (TPSA) is 55.4 Å². The second-order valence-corrected chi connectivity index (χ2v) is 15.6. The van der Waals surface area contributed by atoms with Gasteiger partial charge in [0.05, 0.1) is 26.4 Å². The fourth-order valence-corrected chi connectivity index (χ4v) is 9.17. The van der Waals surface area contributed by atoms with E-state index in [4.69, 9.17) is 11.6 Å². The normalized spacial score (nSPS) is 13.6. The minimum atomic E-state index is -0.823. The van der Waals surface area contributed by atoms with Crippen LogP contribution >= 0.6 is 27.5 Å². The van der Waals surface area contributed by atoms with Gasteiger partial charge in [-0.15, -0.1) is 10.2 Å². The Hall–Kier alpha value is -3.10. The summed E-state index contributed by atoms with van der Waals surface area (Å²) in [4.78, 5) is 2.41. The van der Waals surface area contributed by atoms with Crippen LogP contribution in [0, 0.1) is 13.8 Å². The zero-order valence-electron chi connectivity index (χ0n) is 24.3. The van der Waals surface area contributed by atoms with Crippen LogP contribution < -0.4 is 0 Å². The molecule has 0 fully saturated rings. The first-order valence-corrected chi connectivity index (χ1v) is 16.3. The highest BCUT2D eigenvalue weighted by atomic mass is 79.9. The molecule has 3 aromatic carbocycles. The van der Waals surface area contributed by atoms with Gasteiger partial charge in [-0.05, 0) is 104 Å².